The van der Waals surface area contributed by atoms with Gasteiger partial charge < -0.3 is 14.6 Å². The molecule has 1 aliphatic heterocycles. The van der Waals surface area contributed by atoms with Crippen LogP contribution in [-0.4, -0.2) is 52.9 Å². The van der Waals surface area contributed by atoms with E-state index in [0.717, 1.165) is 17.0 Å². The van der Waals surface area contributed by atoms with Gasteiger partial charge in [-0.15, -0.1) is 20.2 Å². The number of hydrogen-bond acceptors (Lipinski definition) is 11. The Bertz CT molecular complexity index is 1030. The molecule has 1 aromatic rings. The van der Waals surface area contributed by atoms with Crippen LogP contribution < -0.4 is 14.8 Å². The first kappa shape index (κ1) is 21.8. The molecule has 3 N–H and O–H groups in total. The Kier molecular flexibility index (Phi) is 5.85. The van der Waals surface area contributed by atoms with Crippen LogP contribution in [0.5, 0.6) is 0 Å². The molecule has 0 aliphatic carbocycles. The van der Waals surface area contributed by atoms with Crippen LogP contribution in [0.3, 0.4) is 0 Å². The number of nitrogens with zero attached hydrogens (tertiary/aromatic N) is 3. The first-order valence-corrected chi connectivity index (χ1v) is 10.3. The third-order valence-corrected chi connectivity index (χ3v) is 6.43. The van der Waals surface area contributed by atoms with Crippen LogP contribution in [0.25, 0.3) is 0 Å². The number of rotatable bonds is 7. The van der Waals surface area contributed by atoms with Crippen molar-refractivity contribution in [3.05, 3.63) is 37.4 Å². The second kappa shape index (κ2) is 7.51. The normalized spacial score (nSPS) is 19.4. The Balaban J connectivity index is 2.56. The van der Waals surface area contributed by atoms with Crippen molar-refractivity contribution in [2.45, 2.75) is 22.1 Å². The fourth-order valence-electron chi connectivity index (χ4n) is 2.43. The molecular weight excluding hydrogens is 450 g/mol. The van der Waals surface area contributed by atoms with E-state index in [2.05, 4.69) is 9.68 Å². The second-order valence-electron chi connectivity index (χ2n) is 5.36. The van der Waals surface area contributed by atoms with Gasteiger partial charge in [0.2, 0.25) is 20.0 Å². The van der Waals surface area contributed by atoms with Crippen LogP contribution in [0.1, 0.15) is 0 Å². The third kappa shape index (κ3) is 4.50. The summed E-state index contributed by atoms with van der Waals surface area (Å²) in [5, 5.41) is 23.1. The second-order valence-corrected chi connectivity index (χ2v) is 8.98. The van der Waals surface area contributed by atoms with E-state index in [1.54, 1.807) is 0 Å². The molecule has 0 saturated heterocycles. The maximum atomic E-state index is 12.5. The van der Waals surface area contributed by atoms with Gasteiger partial charge >= 0.3 is 0 Å². The highest BCUT2D eigenvalue weighted by atomic mass is 35.5. The van der Waals surface area contributed by atoms with Crippen molar-refractivity contribution in [3.63, 3.8) is 0 Å². The molecule has 2 rings (SSSR count). The summed E-state index contributed by atoms with van der Waals surface area (Å²) in [4.78, 5) is 29.3. The molecule has 0 bridgehead atoms. The summed E-state index contributed by atoms with van der Waals surface area (Å²) in [6.45, 7) is -0.982. The van der Waals surface area contributed by atoms with Gasteiger partial charge in [0, 0.05) is 7.05 Å². The Morgan fingerprint density at radius 2 is 1.96 bits per heavy atom. The molecule has 28 heavy (non-hydrogen) atoms. The van der Waals surface area contributed by atoms with E-state index in [0.29, 0.717) is 0 Å². The Morgan fingerprint density at radius 3 is 2.46 bits per heavy atom. The summed E-state index contributed by atoms with van der Waals surface area (Å²) in [6, 6.07) is 1.69. The highest BCUT2D eigenvalue weighted by Crippen LogP contribution is 2.37. The lowest BCUT2D eigenvalue weighted by Crippen LogP contribution is -2.59. The number of sulfonamides is 2. The first-order valence-electron chi connectivity index (χ1n) is 6.94. The zero-order valence-corrected chi connectivity index (χ0v) is 16.1. The number of primary sulfonamides is 1. The lowest BCUT2D eigenvalue weighted by atomic mass is 10.2. The minimum absolute atomic E-state index is 0.154. The van der Waals surface area contributed by atoms with E-state index in [9.17, 15) is 37.1 Å². The maximum absolute atomic E-state index is 12.5. The smallest absolute Gasteiger partial charge is 0.294 e. The fraction of sp³-hybridized carbons (Fsp3) is 0.400. The Hall–Kier alpha value is -2.47. The van der Waals surface area contributed by atoms with Gasteiger partial charge in [-0.1, -0.05) is 11.6 Å². The van der Waals surface area contributed by atoms with Gasteiger partial charge in [0.15, 0.2) is 6.10 Å². The van der Waals surface area contributed by atoms with Crippen molar-refractivity contribution in [2.75, 3.05) is 18.6 Å². The molecule has 0 saturated carbocycles. The van der Waals surface area contributed by atoms with Gasteiger partial charge in [-0.25, -0.2) is 22.0 Å². The summed E-state index contributed by atoms with van der Waals surface area (Å²) >= 11 is 5.86. The summed E-state index contributed by atoms with van der Waals surface area (Å²) < 4.78 is 50.2. The number of anilines is 1. The van der Waals surface area contributed by atoms with Crippen LogP contribution >= 0.6 is 11.6 Å². The quantitative estimate of drug-likeness (QED) is 0.364. The van der Waals surface area contributed by atoms with E-state index >= 15 is 0 Å². The van der Waals surface area contributed by atoms with E-state index in [4.69, 9.17) is 16.7 Å². The van der Waals surface area contributed by atoms with Crippen molar-refractivity contribution in [3.8, 4) is 0 Å². The van der Waals surface area contributed by atoms with Gasteiger partial charge in [-0.2, -0.15) is 4.72 Å². The molecule has 156 valence electrons. The number of hydrogen-bond donors (Lipinski definition) is 2. The molecule has 0 radical (unpaired) electrons. The van der Waals surface area contributed by atoms with Crippen LogP contribution in [0.15, 0.2) is 21.9 Å². The van der Waals surface area contributed by atoms with Gasteiger partial charge in [0.05, 0.1) is 10.7 Å². The number of benzene rings is 1. The molecule has 2 atom stereocenters. The average Bonchev–Trinajstić information content (AvgIpc) is 2.53. The molecule has 1 unspecified atom stereocenters. The van der Waals surface area contributed by atoms with Gasteiger partial charge in [-0.3, -0.25) is 0 Å². The van der Waals surface area contributed by atoms with Crippen molar-refractivity contribution in [2.24, 2.45) is 5.14 Å². The monoisotopic (exact) mass is 461 g/mol. The molecule has 15 nitrogen and oxygen atoms in total. The minimum atomic E-state index is -4.44. The number of fused-ring (bicyclic) bond motifs is 1. The summed E-state index contributed by atoms with van der Waals surface area (Å²) in [5.41, 5.74) is -0.154. The van der Waals surface area contributed by atoms with E-state index in [-0.39, 0.29) is 5.69 Å². The lowest BCUT2D eigenvalue weighted by Gasteiger charge is -2.39. The predicted octanol–water partition coefficient (Wildman–Crippen LogP) is -1.17. The SMILES string of the molecule is CN1c2cc(Cl)c(S(N)(=O)=O)cc2S(=O)(=O)NC1[C@H](CO[N+](=O)[O-])O[N+](=O)[O-]. The van der Waals surface area contributed by atoms with Crippen LogP contribution in [0.2, 0.25) is 5.02 Å². The van der Waals surface area contributed by atoms with E-state index in [1.807, 2.05) is 4.72 Å². The standard InChI is InChI=1S/C10H12ClN5O10S2/c1-14-6-2-5(11)8(27(12,21)22)3-9(6)28(23,24)13-10(14)7(26-16(19)20)4-25-15(17)18/h2-3,7,10,13H,4H2,1H3,(H2,12,21,22)/t7-,10?/m0/s1. The molecular formula is C10H12ClN5O10S2. The van der Waals surface area contributed by atoms with Gasteiger partial charge in [0.25, 0.3) is 10.2 Å². The average molecular weight is 462 g/mol. The number of nitrogens with two attached hydrogens (primary N) is 1. The van der Waals surface area contributed by atoms with Crippen molar-refractivity contribution in [1.82, 2.24) is 4.72 Å². The molecule has 18 heteroatoms. The molecule has 1 aliphatic rings. The number of halogens is 1. The molecule has 0 fully saturated rings. The topological polar surface area (TPSA) is 214 Å². The van der Waals surface area contributed by atoms with Gasteiger partial charge in [-0.05, 0) is 12.1 Å². The van der Waals surface area contributed by atoms with Crippen LogP contribution in [0, 0.1) is 20.2 Å². The van der Waals surface area contributed by atoms with Gasteiger partial charge in [0.1, 0.15) is 22.6 Å². The van der Waals surface area contributed by atoms with Crippen molar-refractivity contribution < 1.29 is 36.7 Å². The zero-order valence-electron chi connectivity index (χ0n) is 13.7. The molecule has 0 spiro atoms. The summed E-state index contributed by atoms with van der Waals surface area (Å²) in [6.07, 6.45) is -3.29. The summed E-state index contributed by atoms with van der Waals surface area (Å²) in [7, 11) is -7.53. The number of nitrogens with one attached hydrogen (secondary N) is 1. The lowest BCUT2D eigenvalue weighted by molar-refractivity contribution is -0.790. The summed E-state index contributed by atoms with van der Waals surface area (Å²) in [5.74, 6) is 0. The number of likely N-dealkylation sites (N-methyl/N-ethyl adjacent to an activating group) is 1. The van der Waals surface area contributed by atoms with Crippen molar-refractivity contribution >= 4 is 37.3 Å². The highest BCUT2D eigenvalue weighted by molar-refractivity contribution is 7.90. The van der Waals surface area contributed by atoms with E-state index in [1.165, 1.54) is 7.05 Å². The van der Waals surface area contributed by atoms with Crippen LogP contribution in [0.4, 0.5) is 5.69 Å². The Morgan fingerprint density at radius 1 is 1.36 bits per heavy atom. The first-order chi connectivity index (χ1) is 12.7. The van der Waals surface area contributed by atoms with E-state index < -0.39 is 63.9 Å². The highest BCUT2D eigenvalue weighted by Gasteiger charge is 2.41. The molecule has 0 aromatic heterocycles. The maximum Gasteiger partial charge on any atom is 0.294 e. The third-order valence-electron chi connectivity index (χ3n) is 3.60. The minimum Gasteiger partial charge on any atom is -0.355 e. The molecule has 1 heterocycles. The van der Waals surface area contributed by atoms with Crippen LogP contribution in [-0.2, 0) is 29.7 Å². The Labute approximate surface area is 162 Å². The molecule has 0 amide bonds. The molecule has 1 aromatic carbocycles. The predicted molar refractivity (Wildman–Crippen MR) is 90.2 cm³/mol. The van der Waals surface area contributed by atoms with Crippen molar-refractivity contribution in [1.29, 1.82) is 0 Å². The fourth-order valence-corrected chi connectivity index (χ4v) is 5.11. The largest absolute Gasteiger partial charge is 0.355 e. The zero-order chi connectivity index (χ0) is 21.4.